The number of amides is 8. The topological polar surface area (TPSA) is 235 Å². The summed E-state index contributed by atoms with van der Waals surface area (Å²) >= 11 is 0. The van der Waals surface area contributed by atoms with Crippen LogP contribution in [0.2, 0.25) is 0 Å². The first-order valence-corrected chi connectivity index (χ1v) is 28.8. The molecule has 2 heterocycles. The second-order valence-corrected chi connectivity index (χ2v) is 23.7. The van der Waals surface area contributed by atoms with E-state index in [1.807, 2.05) is 76.2 Å². The van der Waals surface area contributed by atoms with Gasteiger partial charge in [0.05, 0.1) is 5.60 Å². The molecule has 4 rings (SSSR count). The maximum Gasteiger partial charge on any atom is 0.332 e. The first kappa shape index (κ1) is 66.1. The van der Waals surface area contributed by atoms with Gasteiger partial charge >= 0.3 is 5.97 Å². The van der Waals surface area contributed by atoms with E-state index in [1.165, 1.54) is 54.7 Å². The van der Waals surface area contributed by atoms with E-state index in [2.05, 4.69) is 16.0 Å². The monoisotopic (exact) mass is 1110 g/mol. The Labute approximate surface area is 475 Å². The standard InChI is InChI=1S/C61H94N8O11/c1-17-39(10)47-58(76)66(14)48(37(6)7)53(71)62-43(33-36(4)5)56(74)68(16)51(61(12,79)19-3)60(78)80-50(40(11)18-2)59(77)67(15)49(38(8)9)54(72)63-44(34-41-27-22-20-23-28-41)55(73)65(13)46(35-42-29-24-21-25-30-42)57(75)69-32-26-31-45(69)52(70)64-47/h20-25,27-30,36-40,43-51,79H,17-19,26,31-35H2,1-16H3,(H,62,71)(H,63,72)(H,64,70)/t39-,40-,43-,44-,45?,46-,47-,48-,49-,50+,51-,61-/m0/s1. The van der Waals surface area contributed by atoms with Crippen LogP contribution in [0.3, 0.4) is 0 Å². The Morgan fingerprint density at radius 1 is 0.588 bits per heavy atom. The van der Waals surface area contributed by atoms with E-state index in [0.717, 1.165) is 10.5 Å². The highest BCUT2D eigenvalue weighted by atomic mass is 16.6. The average Bonchev–Trinajstić information content (AvgIpc) is 4.01. The molecule has 80 heavy (non-hydrogen) atoms. The fourth-order valence-corrected chi connectivity index (χ4v) is 11.1. The molecule has 2 fully saturated rings. The van der Waals surface area contributed by atoms with Crippen molar-refractivity contribution in [3.63, 3.8) is 0 Å². The third-order valence-corrected chi connectivity index (χ3v) is 16.4. The lowest BCUT2D eigenvalue weighted by atomic mass is 9.90. The van der Waals surface area contributed by atoms with Crippen LogP contribution < -0.4 is 16.0 Å². The van der Waals surface area contributed by atoms with Gasteiger partial charge in [0.25, 0.3) is 5.91 Å². The van der Waals surface area contributed by atoms with E-state index >= 15 is 9.59 Å². The molecule has 12 atom stereocenters. The maximum absolute atomic E-state index is 15.3. The number of benzene rings is 2. The maximum atomic E-state index is 15.3. The number of rotatable bonds is 14. The van der Waals surface area contributed by atoms with Gasteiger partial charge in [-0.2, -0.15) is 0 Å². The summed E-state index contributed by atoms with van der Waals surface area (Å²) in [7, 11) is 5.70. The molecule has 2 aliphatic rings. The molecular formula is C61H94N8O11. The molecule has 0 saturated carbocycles. The molecule has 19 heteroatoms. The number of cyclic esters (lactones) is 1. The fraction of sp³-hybridized carbons (Fsp3) is 0.656. The number of likely N-dealkylation sites (N-methyl/N-ethyl adjacent to an activating group) is 4. The Morgan fingerprint density at radius 2 is 1.07 bits per heavy atom. The Morgan fingerprint density at radius 3 is 1.56 bits per heavy atom. The van der Waals surface area contributed by atoms with Crippen molar-refractivity contribution in [1.82, 2.24) is 40.4 Å². The number of nitrogens with zero attached hydrogens (tertiary/aromatic N) is 5. The quantitative estimate of drug-likeness (QED) is 0.188. The predicted octanol–water partition coefficient (Wildman–Crippen LogP) is 4.76. The molecule has 2 aromatic carbocycles. The van der Waals surface area contributed by atoms with Crippen molar-refractivity contribution in [3.8, 4) is 0 Å². The molecule has 8 amide bonds. The number of carbonyl (C=O) groups is 9. The molecule has 0 aliphatic carbocycles. The van der Waals surface area contributed by atoms with Crippen LogP contribution in [-0.4, -0.2) is 178 Å². The number of hydrogen-bond donors (Lipinski definition) is 4. The van der Waals surface area contributed by atoms with E-state index < -0.39 is 137 Å². The van der Waals surface area contributed by atoms with E-state index in [9.17, 15) is 38.7 Å². The summed E-state index contributed by atoms with van der Waals surface area (Å²) in [6.45, 7) is 21.1. The van der Waals surface area contributed by atoms with Gasteiger partial charge in [-0.1, -0.05) is 143 Å². The summed E-state index contributed by atoms with van der Waals surface area (Å²) in [4.78, 5) is 141. The van der Waals surface area contributed by atoms with Gasteiger partial charge in [-0.3, -0.25) is 38.4 Å². The minimum Gasteiger partial charge on any atom is -0.450 e. The zero-order valence-corrected chi connectivity index (χ0v) is 50.5. The van der Waals surface area contributed by atoms with Crippen LogP contribution in [0.25, 0.3) is 0 Å². The highest BCUT2D eigenvalue weighted by Crippen LogP contribution is 2.28. The third kappa shape index (κ3) is 16.2. The third-order valence-electron chi connectivity index (χ3n) is 16.4. The molecular weight excluding hydrogens is 1020 g/mol. The Kier molecular flexibility index (Phi) is 24.3. The van der Waals surface area contributed by atoms with Crippen LogP contribution in [0.1, 0.15) is 133 Å². The van der Waals surface area contributed by atoms with Crippen LogP contribution in [0.5, 0.6) is 0 Å². The van der Waals surface area contributed by atoms with Crippen LogP contribution >= 0.6 is 0 Å². The van der Waals surface area contributed by atoms with Crippen molar-refractivity contribution in [1.29, 1.82) is 0 Å². The number of ether oxygens (including phenoxy) is 1. The number of esters is 1. The second-order valence-electron chi connectivity index (χ2n) is 23.7. The molecule has 0 bridgehead atoms. The summed E-state index contributed by atoms with van der Waals surface area (Å²) < 4.78 is 6.15. The molecule has 2 aliphatic heterocycles. The molecule has 1 unspecified atom stereocenters. The minimum absolute atomic E-state index is 0.00635. The molecule has 19 nitrogen and oxygen atoms in total. The van der Waals surface area contributed by atoms with Gasteiger partial charge in [-0.05, 0) is 73.8 Å². The number of aliphatic hydroxyl groups is 1. The smallest absolute Gasteiger partial charge is 0.332 e. The van der Waals surface area contributed by atoms with Gasteiger partial charge in [0, 0.05) is 53.5 Å². The van der Waals surface area contributed by atoms with E-state index in [0.29, 0.717) is 24.8 Å². The normalized spacial score (nSPS) is 26.9. The first-order valence-electron chi connectivity index (χ1n) is 28.8. The Balaban J connectivity index is 1.99. The van der Waals surface area contributed by atoms with Crippen LogP contribution in [0, 0.1) is 29.6 Å². The SMILES string of the molecule is CC[C@H](C)[C@@H]1NC(=O)C2CCCN2C(=O)[C@H](Cc2ccccc2)N(C)C(=O)[C@H](Cc2ccccc2)NC(=O)[C@H](C(C)C)N(C)C(=O)[C@@H]([C@@H](C)CC)OC(=O)[C@@H]([C@@](C)(O)CC)N(C)C(=O)[C@H](CC(C)C)NC(=O)[C@H](C(C)C)N(C)C1=O. The summed E-state index contributed by atoms with van der Waals surface area (Å²) in [5.41, 5.74) is -0.508. The predicted molar refractivity (Wildman–Crippen MR) is 306 cm³/mol. The van der Waals surface area contributed by atoms with E-state index in [1.54, 1.807) is 60.6 Å². The van der Waals surface area contributed by atoms with Crippen molar-refractivity contribution in [2.24, 2.45) is 29.6 Å². The van der Waals surface area contributed by atoms with Crippen molar-refractivity contribution >= 4 is 53.2 Å². The largest absolute Gasteiger partial charge is 0.450 e. The zero-order chi connectivity index (χ0) is 60.1. The lowest BCUT2D eigenvalue weighted by Gasteiger charge is -2.40. The van der Waals surface area contributed by atoms with Crippen molar-refractivity contribution in [2.75, 3.05) is 34.7 Å². The molecule has 0 spiro atoms. The summed E-state index contributed by atoms with van der Waals surface area (Å²) in [5, 5.41) is 20.8. The Bertz CT molecular complexity index is 2450. The van der Waals surface area contributed by atoms with Gasteiger partial charge in [0.15, 0.2) is 12.1 Å². The minimum atomic E-state index is -1.93. The zero-order valence-electron chi connectivity index (χ0n) is 50.5. The molecule has 4 N–H and O–H groups in total. The van der Waals surface area contributed by atoms with Crippen molar-refractivity contribution < 1.29 is 53.0 Å². The highest BCUT2D eigenvalue weighted by molar-refractivity contribution is 5.99. The van der Waals surface area contributed by atoms with Crippen LogP contribution in [0.4, 0.5) is 0 Å². The lowest BCUT2D eigenvalue weighted by molar-refractivity contribution is -0.178. The first-order chi connectivity index (χ1) is 37.5. The molecule has 2 aromatic rings. The van der Waals surface area contributed by atoms with Gasteiger partial charge in [-0.25, -0.2) is 4.79 Å². The second kappa shape index (κ2) is 29.4. The molecule has 0 aromatic heterocycles. The summed E-state index contributed by atoms with van der Waals surface area (Å²) in [6.07, 6.45) is 0.0622. The van der Waals surface area contributed by atoms with Gasteiger partial charge < -0.3 is 50.3 Å². The van der Waals surface area contributed by atoms with Gasteiger partial charge in [0.1, 0.15) is 42.3 Å². The van der Waals surface area contributed by atoms with Gasteiger partial charge in [0.2, 0.25) is 41.4 Å². The molecule has 444 valence electrons. The van der Waals surface area contributed by atoms with Gasteiger partial charge in [-0.15, -0.1) is 0 Å². The fourth-order valence-electron chi connectivity index (χ4n) is 11.1. The van der Waals surface area contributed by atoms with E-state index in [4.69, 9.17) is 4.74 Å². The van der Waals surface area contributed by atoms with Crippen molar-refractivity contribution in [2.45, 2.75) is 194 Å². The highest BCUT2D eigenvalue weighted by Gasteiger charge is 2.49. The Hall–Kier alpha value is -6.37. The molecule has 2 saturated heterocycles. The molecule has 0 radical (unpaired) electrons. The van der Waals surface area contributed by atoms with Crippen LogP contribution in [-0.2, 0) is 60.7 Å². The number of nitrogens with one attached hydrogen (secondary N) is 3. The van der Waals surface area contributed by atoms with E-state index in [-0.39, 0.29) is 44.6 Å². The summed E-state index contributed by atoms with van der Waals surface area (Å²) in [5.74, 6) is -8.61. The average molecular weight is 1120 g/mol. The number of fused-ring (bicyclic) bond motifs is 1. The lowest BCUT2D eigenvalue weighted by Crippen LogP contribution is -2.63. The number of carbonyl (C=O) groups excluding carboxylic acids is 9. The summed E-state index contributed by atoms with van der Waals surface area (Å²) in [6, 6.07) is 8.14. The van der Waals surface area contributed by atoms with Crippen molar-refractivity contribution in [3.05, 3.63) is 71.8 Å². The van der Waals surface area contributed by atoms with Crippen LogP contribution in [0.15, 0.2) is 60.7 Å². The number of hydrogen-bond acceptors (Lipinski definition) is 11.